The summed E-state index contributed by atoms with van der Waals surface area (Å²) in [6.07, 6.45) is -5.83. The molecule has 3 aromatic rings. The molecule has 0 saturated carbocycles. The van der Waals surface area contributed by atoms with E-state index in [1.54, 1.807) is 49.4 Å². The minimum atomic E-state index is -4.54. The molecule has 0 fully saturated rings. The molecular formula is C22H18F3NO3. The Kier molecular flexibility index (Phi) is 4.29. The average Bonchev–Trinajstić information content (AvgIpc) is 3.01. The number of rotatable bonds is 3. The number of para-hydroxylation sites is 1. The van der Waals surface area contributed by atoms with Gasteiger partial charge >= 0.3 is 12.1 Å². The predicted molar refractivity (Wildman–Crippen MR) is 102 cm³/mol. The zero-order valence-corrected chi connectivity index (χ0v) is 15.8. The summed E-state index contributed by atoms with van der Waals surface area (Å²) in [7, 11) is 0. The Bertz CT molecular complexity index is 1150. The van der Waals surface area contributed by atoms with Crippen LogP contribution in [0.15, 0.2) is 48.5 Å². The highest BCUT2D eigenvalue weighted by atomic mass is 19.4. The van der Waals surface area contributed by atoms with Crippen LogP contribution in [0.5, 0.6) is 0 Å². The van der Waals surface area contributed by atoms with Crippen LogP contribution in [0.25, 0.3) is 22.2 Å². The zero-order valence-electron chi connectivity index (χ0n) is 15.8. The van der Waals surface area contributed by atoms with Crippen molar-refractivity contribution >= 4 is 22.8 Å². The molecule has 29 heavy (non-hydrogen) atoms. The second kappa shape index (κ2) is 6.47. The number of carbonyl (C=O) groups is 2. The molecule has 0 spiro atoms. The van der Waals surface area contributed by atoms with Crippen LogP contribution in [0.2, 0.25) is 0 Å². The molecule has 4 rings (SSSR count). The quantitative estimate of drug-likeness (QED) is 0.556. The first kappa shape index (κ1) is 19.2. The van der Waals surface area contributed by atoms with Crippen molar-refractivity contribution in [1.82, 2.24) is 4.57 Å². The lowest BCUT2D eigenvalue weighted by atomic mass is 9.73. The maximum absolute atomic E-state index is 13.5. The third-order valence-electron chi connectivity index (χ3n) is 5.36. The van der Waals surface area contributed by atoms with Gasteiger partial charge in [-0.1, -0.05) is 42.5 Å². The van der Waals surface area contributed by atoms with Crippen LogP contribution in [0, 0.1) is 0 Å². The molecule has 0 unspecified atom stereocenters. The van der Waals surface area contributed by atoms with Gasteiger partial charge in [-0.3, -0.25) is 9.36 Å². The van der Waals surface area contributed by atoms with Crippen molar-refractivity contribution in [1.29, 1.82) is 0 Å². The number of nitrogens with zero attached hydrogens (tertiary/aromatic N) is 1. The largest absolute Gasteiger partial charge is 0.462 e. The molecule has 0 bridgehead atoms. The van der Waals surface area contributed by atoms with E-state index in [4.69, 9.17) is 4.74 Å². The number of alkyl halides is 3. The highest BCUT2D eigenvalue weighted by molar-refractivity contribution is 6.17. The summed E-state index contributed by atoms with van der Waals surface area (Å²) >= 11 is 0. The van der Waals surface area contributed by atoms with E-state index in [2.05, 4.69) is 0 Å². The van der Waals surface area contributed by atoms with Crippen molar-refractivity contribution in [2.24, 2.45) is 0 Å². The molecule has 7 heteroatoms. The maximum Gasteiger partial charge on any atom is 0.390 e. The van der Waals surface area contributed by atoms with Gasteiger partial charge in [0.2, 0.25) is 5.91 Å². The van der Waals surface area contributed by atoms with E-state index in [1.807, 2.05) is 0 Å². The van der Waals surface area contributed by atoms with Crippen molar-refractivity contribution in [2.75, 3.05) is 6.61 Å². The summed E-state index contributed by atoms with van der Waals surface area (Å²) in [6, 6.07) is 13.1. The number of hydrogen-bond acceptors (Lipinski definition) is 3. The van der Waals surface area contributed by atoms with E-state index >= 15 is 0 Å². The molecule has 0 N–H and O–H groups in total. The molecule has 4 nitrogen and oxygen atoms in total. The molecular weight excluding hydrogens is 383 g/mol. The maximum atomic E-state index is 13.5. The summed E-state index contributed by atoms with van der Waals surface area (Å²) in [4.78, 5) is 26.3. The third kappa shape index (κ3) is 2.84. The Morgan fingerprint density at radius 3 is 2.45 bits per heavy atom. The average molecular weight is 401 g/mol. The number of halogens is 3. The lowest BCUT2D eigenvalue weighted by molar-refractivity contribution is -0.144. The van der Waals surface area contributed by atoms with Gasteiger partial charge in [-0.25, -0.2) is 4.79 Å². The molecule has 1 atom stereocenters. The zero-order chi connectivity index (χ0) is 21.0. The van der Waals surface area contributed by atoms with Crippen molar-refractivity contribution in [3.8, 4) is 11.3 Å². The van der Waals surface area contributed by atoms with Crippen LogP contribution in [0.4, 0.5) is 13.2 Å². The number of benzene rings is 2. The van der Waals surface area contributed by atoms with Crippen LogP contribution < -0.4 is 0 Å². The Morgan fingerprint density at radius 1 is 1.10 bits per heavy atom. The van der Waals surface area contributed by atoms with E-state index in [0.717, 1.165) is 0 Å². The van der Waals surface area contributed by atoms with E-state index in [9.17, 15) is 22.8 Å². The van der Waals surface area contributed by atoms with Crippen molar-refractivity contribution in [2.45, 2.75) is 31.9 Å². The van der Waals surface area contributed by atoms with Gasteiger partial charge in [-0.15, -0.1) is 0 Å². The Morgan fingerprint density at radius 2 is 1.76 bits per heavy atom. The molecule has 2 aromatic carbocycles. The standard InChI is InChI=1S/C22H18F3NO3/c1-3-29-19(27)17-14-9-5-7-11-16(14)26-18(17)13-8-4-6-10-15(13)21(2,20(26)28)12-22(23,24)25/h4-11H,3,12H2,1-2H3/t21-/m0/s1. The number of fused-ring (bicyclic) bond motifs is 5. The van der Waals surface area contributed by atoms with E-state index in [1.165, 1.54) is 17.6 Å². The minimum Gasteiger partial charge on any atom is -0.462 e. The van der Waals surface area contributed by atoms with Gasteiger partial charge in [-0.2, -0.15) is 13.2 Å². The minimum absolute atomic E-state index is 0.138. The first-order valence-electron chi connectivity index (χ1n) is 9.21. The summed E-state index contributed by atoms with van der Waals surface area (Å²) in [6.45, 7) is 3.12. The van der Waals surface area contributed by atoms with Crippen molar-refractivity contribution in [3.63, 3.8) is 0 Å². The Labute approximate surface area is 164 Å². The van der Waals surface area contributed by atoms with E-state index < -0.39 is 29.9 Å². The molecule has 1 aliphatic heterocycles. The van der Waals surface area contributed by atoms with Crippen LogP contribution in [-0.2, 0) is 10.2 Å². The van der Waals surface area contributed by atoms with E-state index in [-0.39, 0.29) is 23.4 Å². The van der Waals surface area contributed by atoms with Crippen LogP contribution in [0.3, 0.4) is 0 Å². The van der Waals surface area contributed by atoms with Gasteiger partial charge in [0.15, 0.2) is 0 Å². The fourth-order valence-corrected chi connectivity index (χ4v) is 4.22. The van der Waals surface area contributed by atoms with Gasteiger partial charge in [-0.05, 0) is 25.5 Å². The monoisotopic (exact) mass is 401 g/mol. The summed E-state index contributed by atoms with van der Waals surface area (Å²) in [5, 5.41) is 0.473. The highest BCUT2D eigenvalue weighted by Gasteiger charge is 2.51. The second-order valence-corrected chi connectivity index (χ2v) is 7.27. The topological polar surface area (TPSA) is 48.3 Å². The molecule has 150 valence electrons. The second-order valence-electron chi connectivity index (χ2n) is 7.27. The lowest BCUT2D eigenvalue weighted by Crippen LogP contribution is -2.44. The molecule has 0 saturated heterocycles. The van der Waals surface area contributed by atoms with Crippen molar-refractivity contribution in [3.05, 3.63) is 59.7 Å². The summed E-state index contributed by atoms with van der Waals surface area (Å²) in [5.74, 6) is -1.32. The van der Waals surface area contributed by atoms with Gasteiger partial charge in [0.1, 0.15) is 0 Å². The van der Waals surface area contributed by atoms with Gasteiger partial charge in [0, 0.05) is 10.9 Å². The third-order valence-corrected chi connectivity index (χ3v) is 5.36. The molecule has 0 aliphatic carbocycles. The summed E-state index contributed by atoms with van der Waals surface area (Å²) in [5.41, 5.74) is -0.266. The van der Waals surface area contributed by atoms with Crippen LogP contribution in [-0.4, -0.2) is 29.2 Å². The van der Waals surface area contributed by atoms with Crippen LogP contribution in [0.1, 0.15) is 41.0 Å². The number of hydrogen-bond donors (Lipinski definition) is 0. The van der Waals surface area contributed by atoms with Gasteiger partial charge in [0.05, 0.1) is 35.2 Å². The number of esters is 1. The molecule has 1 aromatic heterocycles. The first-order chi connectivity index (χ1) is 13.7. The number of aromatic nitrogens is 1. The molecule has 0 amide bonds. The fraction of sp³-hybridized carbons (Fsp3) is 0.273. The number of carbonyl (C=O) groups excluding carboxylic acids is 2. The molecule has 0 radical (unpaired) electrons. The summed E-state index contributed by atoms with van der Waals surface area (Å²) < 4.78 is 46.8. The number of ether oxygens (including phenoxy) is 1. The normalized spacial score (nSPS) is 18.4. The molecule has 1 aliphatic rings. The highest BCUT2D eigenvalue weighted by Crippen LogP contribution is 2.49. The first-order valence-corrected chi connectivity index (χ1v) is 9.21. The Hall–Kier alpha value is -3.09. The van der Waals surface area contributed by atoms with Gasteiger partial charge < -0.3 is 4.74 Å². The van der Waals surface area contributed by atoms with Crippen LogP contribution >= 0.6 is 0 Å². The predicted octanol–water partition coefficient (Wildman–Crippen LogP) is 5.35. The molecule has 2 heterocycles. The smallest absolute Gasteiger partial charge is 0.390 e. The van der Waals surface area contributed by atoms with Crippen molar-refractivity contribution < 1.29 is 27.5 Å². The Balaban J connectivity index is 2.11. The lowest BCUT2D eigenvalue weighted by Gasteiger charge is -2.36. The SMILES string of the molecule is CCOC(=O)c1c2n(c3ccccc13)C(=O)[C@@](C)(CC(F)(F)F)c1ccccc1-2. The van der Waals surface area contributed by atoms with Gasteiger partial charge in [0.25, 0.3) is 0 Å². The fourth-order valence-electron chi connectivity index (χ4n) is 4.22. The van der Waals surface area contributed by atoms with E-state index in [0.29, 0.717) is 16.5 Å².